The van der Waals surface area contributed by atoms with E-state index in [0.29, 0.717) is 46.9 Å². The SMILES string of the molecule is O=C1Cc2ccc(Nc3ncnc4[nH]c(C(=O)N5CCCCC5)cc34)cc2S1.O=C1Cc2ccc(Nc3ncnc4[nH]c(C(=O)O)cc34)cc2S1. The number of thioether (sulfide) groups is 2. The fraction of sp³-hybridized carbons (Fsp3) is 0.200. The van der Waals surface area contributed by atoms with Crippen LogP contribution in [0.2, 0.25) is 0 Å². The number of fused-ring (bicyclic) bond motifs is 4. The maximum atomic E-state index is 12.8. The standard InChI is InChI=1S/C20H19N5O2S.C15H10N4O3S/c26-17-8-12-4-5-13(9-16(12)28-17)23-18-14-10-15(24-19(14)22-11-21-18)20(27)25-6-2-1-3-7-25;20-12-3-7-1-2-8(4-11(7)23-12)18-13-9-5-10(15(21)22)19-14(9)17-6-16-13/h4-5,9-11H,1-3,6-8H2,(H2,21,22,23,24);1-2,4-6H,3H2,(H,21,22)(H2,16,17,18,19). The first-order valence-electron chi connectivity index (χ1n) is 16.2. The molecule has 0 unspecified atom stereocenters. The maximum Gasteiger partial charge on any atom is 0.352 e. The van der Waals surface area contributed by atoms with E-state index in [0.717, 1.165) is 63.6 Å². The molecule has 3 aliphatic rings. The second-order valence-electron chi connectivity index (χ2n) is 12.2. The number of aromatic carboxylic acids is 1. The molecule has 4 aromatic heterocycles. The van der Waals surface area contributed by atoms with E-state index in [1.807, 2.05) is 47.4 Å². The van der Waals surface area contributed by atoms with Crippen LogP contribution in [0, 0.1) is 0 Å². The van der Waals surface area contributed by atoms with E-state index in [4.69, 9.17) is 5.11 Å². The maximum absolute atomic E-state index is 12.8. The van der Waals surface area contributed by atoms with Crippen molar-refractivity contribution in [1.29, 1.82) is 0 Å². The van der Waals surface area contributed by atoms with Crippen LogP contribution in [0.4, 0.5) is 23.0 Å². The predicted octanol–water partition coefficient (Wildman–Crippen LogP) is 6.08. The molecule has 1 saturated heterocycles. The number of nitrogens with zero attached hydrogens (tertiary/aromatic N) is 5. The number of aromatic amines is 2. The molecule has 0 spiro atoms. The number of hydrogen-bond donors (Lipinski definition) is 5. The van der Waals surface area contributed by atoms with E-state index >= 15 is 0 Å². The molecule has 51 heavy (non-hydrogen) atoms. The first-order valence-corrected chi connectivity index (χ1v) is 17.8. The van der Waals surface area contributed by atoms with E-state index < -0.39 is 5.97 Å². The van der Waals surface area contributed by atoms with Gasteiger partial charge in [0.05, 0.1) is 10.8 Å². The van der Waals surface area contributed by atoms with Gasteiger partial charge >= 0.3 is 5.97 Å². The van der Waals surface area contributed by atoms with Crippen LogP contribution in [0.25, 0.3) is 22.1 Å². The first-order chi connectivity index (χ1) is 24.8. The number of benzene rings is 2. The highest BCUT2D eigenvalue weighted by Crippen LogP contribution is 2.37. The molecule has 6 aromatic rings. The quantitative estimate of drug-likeness (QED) is 0.133. The molecule has 2 aromatic carbocycles. The van der Waals surface area contributed by atoms with E-state index in [9.17, 15) is 19.2 Å². The van der Waals surface area contributed by atoms with Crippen molar-refractivity contribution in [2.24, 2.45) is 0 Å². The molecule has 0 aliphatic carbocycles. The minimum Gasteiger partial charge on any atom is -0.477 e. The zero-order valence-electron chi connectivity index (χ0n) is 26.9. The van der Waals surface area contributed by atoms with E-state index in [1.165, 1.54) is 48.7 Å². The Morgan fingerprint density at radius 2 is 1.20 bits per heavy atom. The molecule has 1 fully saturated rings. The van der Waals surface area contributed by atoms with Crippen molar-refractivity contribution in [3.8, 4) is 0 Å². The van der Waals surface area contributed by atoms with Gasteiger partial charge in [0.2, 0.25) is 0 Å². The Morgan fingerprint density at radius 1 is 0.686 bits per heavy atom. The average Bonchev–Trinajstić information content (AvgIpc) is 3.92. The molecular formula is C35H29N9O5S2. The summed E-state index contributed by atoms with van der Waals surface area (Å²) in [6.45, 7) is 1.60. The summed E-state index contributed by atoms with van der Waals surface area (Å²) in [5.41, 5.74) is 5.39. The van der Waals surface area contributed by atoms with Gasteiger partial charge in [-0.1, -0.05) is 35.7 Å². The van der Waals surface area contributed by atoms with E-state index in [1.54, 1.807) is 0 Å². The summed E-state index contributed by atoms with van der Waals surface area (Å²) in [6.07, 6.45) is 7.06. The van der Waals surface area contributed by atoms with E-state index in [2.05, 4.69) is 40.5 Å². The number of carboxylic acid groups (broad SMARTS) is 1. The molecule has 0 atom stereocenters. The predicted molar refractivity (Wildman–Crippen MR) is 193 cm³/mol. The number of H-pyrrole nitrogens is 2. The van der Waals surface area contributed by atoms with Crippen LogP contribution in [0.15, 0.2) is 71.0 Å². The van der Waals surface area contributed by atoms with Crippen LogP contribution < -0.4 is 10.6 Å². The molecule has 7 heterocycles. The number of carbonyl (C=O) groups excluding carboxylic acids is 3. The largest absolute Gasteiger partial charge is 0.477 e. The van der Waals surface area contributed by atoms with Crippen LogP contribution >= 0.6 is 23.5 Å². The number of nitrogens with one attached hydrogen (secondary N) is 4. The topological polar surface area (TPSA) is 199 Å². The van der Waals surface area contributed by atoms with Crippen LogP contribution in [0.5, 0.6) is 0 Å². The third kappa shape index (κ3) is 6.74. The van der Waals surface area contributed by atoms with Gasteiger partial charge in [-0.15, -0.1) is 0 Å². The van der Waals surface area contributed by atoms with Crippen molar-refractivity contribution >= 4 is 90.7 Å². The molecule has 16 heteroatoms. The molecule has 3 aliphatic heterocycles. The zero-order valence-corrected chi connectivity index (χ0v) is 28.5. The molecule has 0 bridgehead atoms. The monoisotopic (exact) mass is 719 g/mol. The normalized spacial score (nSPS) is 15.0. The Labute approximate surface area is 298 Å². The molecule has 5 N–H and O–H groups in total. The van der Waals surface area contributed by atoms with Crippen molar-refractivity contribution in [2.75, 3.05) is 23.7 Å². The number of carboxylic acids is 1. The molecule has 1 amide bonds. The number of aromatic nitrogens is 6. The number of carbonyl (C=O) groups is 4. The Kier molecular flexibility index (Phi) is 8.61. The second kappa shape index (κ2) is 13.5. The molecule has 256 valence electrons. The number of rotatable bonds is 6. The molecular weight excluding hydrogens is 691 g/mol. The van der Waals surface area contributed by atoms with Crippen LogP contribution in [-0.2, 0) is 22.4 Å². The summed E-state index contributed by atoms with van der Waals surface area (Å²) in [6, 6.07) is 14.9. The molecule has 0 saturated carbocycles. The number of hydrogen-bond acceptors (Lipinski definition) is 12. The number of likely N-dealkylation sites (tertiary alicyclic amines) is 1. The molecule has 0 radical (unpaired) electrons. The number of amides is 1. The Balaban J connectivity index is 0.000000150. The van der Waals surface area contributed by atoms with Crippen LogP contribution in [-0.4, -0.2) is 75.1 Å². The zero-order chi connectivity index (χ0) is 35.1. The third-order valence-corrected chi connectivity index (χ3v) is 10.7. The summed E-state index contributed by atoms with van der Waals surface area (Å²) < 4.78 is 0. The van der Waals surface area contributed by atoms with Gasteiger partial charge in [-0.3, -0.25) is 14.4 Å². The average molecular weight is 720 g/mol. The van der Waals surface area contributed by atoms with Crippen molar-refractivity contribution in [1.82, 2.24) is 34.8 Å². The minimum absolute atomic E-state index is 0.0103. The first kappa shape index (κ1) is 32.5. The van der Waals surface area contributed by atoms with Gasteiger partial charge in [0.25, 0.3) is 5.91 Å². The van der Waals surface area contributed by atoms with Gasteiger partial charge in [0.15, 0.2) is 10.2 Å². The van der Waals surface area contributed by atoms with Gasteiger partial charge in [0, 0.05) is 47.1 Å². The summed E-state index contributed by atoms with van der Waals surface area (Å²) in [4.78, 5) is 73.5. The van der Waals surface area contributed by atoms with Crippen molar-refractivity contribution < 1.29 is 24.3 Å². The van der Waals surface area contributed by atoms with Gasteiger partial charge in [-0.05, 0) is 66.8 Å². The lowest BCUT2D eigenvalue weighted by Gasteiger charge is -2.26. The Hall–Kier alpha value is -5.74. The highest BCUT2D eigenvalue weighted by atomic mass is 32.2. The highest BCUT2D eigenvalue weighted by Gasteiger charge is 2.23. The third-order valence-electron chi connectivity index (χ3n) is 8.73. The highest BCUT2D eigenvalue weighted by molar-refractivity contribution is 8.14. The summed E-state index contributed by atoms with van der Waals surface area (Å²) in [5, 5.41) is 17.2. The molecule has 9 rings (SSSR count). The van der Waals surface area contributed by atoms with Crippen molar-refractivity contribution in [3.05, 3.63) is 83.7 Å². The van der Waals surface area contributed by atoms with Crippen LogP contribution in [0.3, 0.4) is 0 Å². The smallest absolute Gasteiger partial charge is 0.352 e. The minimum atomic E-state index is -1.05. The summed E-state index contributed by atoms with van der Waals surface area (Å²) in [7, 11) is 0. The summed E-state index contributed by atoms with van der Waals surface area (Å²) in [5.74, 6) is 0.0960. The van der Waals surface area contributed by atoms with Gasteiger partial charge in [0.1, 0.15) is 47.0 Å². The van der Waals surface area contributed by atoms with Crippen LogP contribution in [0.1, 0.15) is 51.4 Å². The van der Waals surface area contributed by atoms with E-state index in [-0.39, 0.29) is 21.8 Å². The van der Waals surface area contributed by atoms with Gasteiger partial charge in [-0.25, -0.2) is 24.7 Å². The molecule has 14 nitrogen and oxygen atoms in total. The lowest BCUT2D eigenvalue weighted by molar-refractivity contribution is -0.110. The fourth-order valence-corrected chi connectivity index (χ4v) is 8.09. The fourth-order valence-electron chi connectivity index (χ4n) is 6.23. The van der Waals surface area contributed by atoms with Gasteiger partial charge in [-0.2, -0.15) is 0 Å². The lowest BCUT2D eigenvalue weighted by Crippen LogP contribution is -2.35. The van der Waals surface area contributed by atoms with Gasteiger partial charge < -0.3 is 30.6 Å². The van der Waals surface area contributed by atoms with Crippen molar-refractivity contribution in [2.45, 2.75) is 41.9 Å². The summed E-state index contributed by atoms with van der Waals surface area (Å²) >= 11 is 2.51. The number of piperidine rings is 1. The van der Waals surface area contributed by atoms with Crippen molar-refractivity contribution in [3.63, 3.8) is 0 Å². The lowest BCUT2D eigenvalue weighted by atomic mass is 10.1. The Bertz CT molecular complexity index is 2380. The second-order valence-corrected chi connectivity index (χ2v) is 14.4. The number of anilines is 4. The Morgan fingerprint density at radius 3 is 1.73 bits per heavy atom.